The molecular formula is C29H45NO4. The largest absolute Gasteiger partial charge is 0.481 e. The number of nitrogens with zero attached hydrogens (tertiary/aromatic N) is 1. The zero-order valence-corrected chi connectivity index (χ0v) is 22.6. The van der Waals surface area contributed by atoms with Crippen LogP contribution in [0.3, 0.4) is 0 Å². The summed E-state index contributed by atoms with van der Waals surface area (Å²) in [5, 5.41) is 0. The topological polar surface area (TPSA) is 57.1 Å². The lowest BCUT2D eigenvalue weighted by atomic mass is 9.79. The highest BCUT2D eigenvalue weighted by Gasteiger charge is 2.34. The summed E-state index contributed by atoms with van der Waals surface area (Å²) < 4.78 is 17.5. The molecule has 0 N–H and O–H groups in total. The van der Waals surface area contributed by atoms with E-state index in [4.69, 9.17) is 19.2 Å². The number of rotatable bonds is 9. The third-order valence-corrected chi connectivity index (χ3v) is 6.40. The van der Waals surface area contributed by atoms with E-state index in [-0.39, 0.29) is 12.1 Å². The molecule has 1 aromatic carbocycles. The molecule has 0 saturated heterocycles. The zero-order chi connectivity index (χ0) is 25.4. The minimum Gasteiger partial charge on any atom is -0.481 e. The number of benzene rings is 1. The van der Waals surface area contributed by atoms with E-state index in [1.165, 1.54) is 12.0 Å². The fourth-order valence-electron chi connectivity index (χ4n) is 4.18. The van der Waals surface area contributed by atoms with Gasteiger partial charge in [-0.2, -0.15) is 0 Å². The maximum absolute atomic E-state index is 12.6. The van der Waals surface area contributed by atoms with E-state index in [2.05, 4.69) is 19.1 Å². The summed E-state index contributed by atoms with van der Waals surface area (Å²) in [6.07, 6.45) is 8.50. The Bertz CT molecular complexity index is 846. The molecule has 0 heterocycles. The van der Waals surface area contributed by atoms with E-state index >= 15 is 0 Å². The Hall–Kier alpha value is -2.14. The average Bonchev–Trinajstić information content (AvgIpc) is 2.78. The second kappa shape index (κ2) is 12.5. The molecule has 0 radical (unpaired) electrons. The van der Waals surface area contributed by atoms with E-state index in [9.17, 15) is 4.79 Å². The average molecular weight is 472 g/mol. The number of carbonyl (C=O) groups excluding carboxylic acids is 1. The monoisotopic (exact) mass is 471 g/mol. The van der Waals surface area contributed by atoms with Crippen LogP contribution in [0.2, 0.25) is 0 Å². The molecule has 0 amide bonds. The van der Waals surface area contributed by atoms with E-state index in [1.807, 2.05) is 59.8 Å². The number of carbonyl (C=O) groups is 1. The summed E-state index contributed by atoms with van der Waals surface area (Å²) in [7, 11) is 1.65. The predicted molar refractivity (Wildman–Crippen MR) is 139 cm³/mol. The van der Waals surface area contributed by atoms with Crippen LogP contribution in [0.25, 0.3) is 0 Å². The number of esters is 1. The van der Waals surface area contributed by atoms with Gasteiger partial charge in [-0.25, -0.2) is 4.99 Å². The van der Waals surface area contributed by atoms with Gasteiger partial charge in [-0.3, -0.25) is 4.79 Å². The number of hydrogen-bond donors (Lipinski definition) is 0. The van der Waals surface area contributed by atoms with Crippen molar-refractivity contribution in [2.75, 3.05) is 13.7 Å². The molecule has 1 aromatic rings. The van der Waals surface area contributed by atoms with Gasteiger partial charge in [0.05, 0.1) is 30.9 Å². The third kappa shape index (κ3) is 9.25. The van der Waals surface area contributed by atoms with Crippen LogP contribution in [0.1, 0.15) is 91.2 Å². The highest BCUT2D eigenvalue weighted by atomic mass is 16.6. The maximum atomic E-state index is 12.6. The molecule has 1 aliphatic carbocycles. The molecule has 5 nitrogen and oxygen atoms in total. The Labute approximate surface area is 207 Å². The van der Waals surface area contributed by atoms with Crippen LogP contribution in [0.5, 0.6) is 0 Å². The van der Waals surface area contributed by atoms with Gasteiger partial charge in [-0.05, 0) is 92.2 Å². The lowest BCUT2D eigenvalue weighted by Crippen LogP contribution is -2.34. The van der Waals surface area contributed by atoms with Crippen molar-refractivity contribution < 1.29 is 19.0 Å². The highest BCUT2D eigenvalue weighted by molar-refractivity contribution is 5.94. The molecule has 0 aromatic heterocycles. The molecule has 34 heavy (non-hydrogen) atoms. The van der Waals surface area contributed by atoms with Gasteiger partial charge in [0, 0.05) is 5.56 Å². The summed E-state index contributed by atoms with van der Waals surface area (Å²) >= 11 is 0. The van der Waals surface area contributed by atoms with Crippen molar-refractivity contribution in [3.63, 3.8) is 0 Å². The summed E-state index contributed by atoms with van der Waals surface area (Å²) in [5.41, 5.74) is 2.10. The first-order chi connectivity index (χ1) is 15.9. The quantitative estimate of drug-likeness (QED) is 0.221. The van der Waals surface area contributed by atoms with Crippen molar-refractivity contribution >= 4 is 11.9 Å². The fourth-order valence-corrected chi connectivity index (χ4v) is 4.18. The lowest BCUT2D eigenvalue weighted by Gasteiger charge is -2.32. The molecule has 2 rings (SSSR count). The second-order valence-corrected chi connectivity index (χ2v) is 11.2. The van der Waals surface area contributed by atoms with Crippen LogP contribution < -0.4 is 0 Å². The van der Waals surface area contributed by atoms with Crippen LogP contribution in [0, 0.1) is 18.3 Å². The first-order valence-electron chi connectivity index (χ1n) is 12.6. The van der Waals surface area contributed by atoms with Crippen LogP contribution >= 0.6 is 0 Å². The van der Waals surface area contributed by atoms with E-state index in [1.54, 1.807) is 7.11 Å². The number of hydrogen-bond acceptors (Lipinski definition) is 5. The molecular weight excluding hydrogens is 426 g/mol. The molecule has 1 saturated carbocycles. The standard InChI is InChI=1S/C29H45NO4/c1-9-24(30-26(32-8)23-15-13-21(2)14-16-23)20-33-25-12-10-11-22(19-25)17-18-29(6,7)27(31)34-28(3,4)5/h9,13-16,22,25H,10-12,17-20H2,1-8H3/b24-9+,30-26?. The number of aliphatic imine (C=N–C) groups is 1. The Balaban J connectivity index is 1.89. The third-order valence-electron chi connectivity index (χ3n) is 6.40. The van der Waals surface area contributed by atoms with Crippen molar-refractivity contribution in [3.8, 4) is 0 Å². The van der Waals surface area contributed by atoms with Crippen LogP contribution in [-0.2, 0) is 19.0 Å². The van der Waals surface area contributed by atoms with Crippen molar-refractivity contribution in [2.24, 2.45) is 16.3 Å². The van der Waals surface area contributed by atoms with Crippen LogP contribution in [0.4, 0.5) is 0 Å². The molecule has 0 aliphatic heterocycles. The van der Waals surface area contributed by atoms with E-state index < -0.39 is 11.0 Å². The molecule has 5 heteroatoms. The molecule has 0 bridgehead atoms. The number of allylic oxidation sites excluding steroid dienone is 1. The number of aryl methyl sites for hydroxylation is 1. The van der Waals surface area contributed by atoms with Crippen molar-refractivity contribution in [1.82, 2.24) is 0 Å². The molecule has 2 unspecified atom stereocenters. The van der Waals surface area contributed by atoms with Gasteiger partial charge in [-0.15, -0.1) is 0 Å². The Morgan fingerprint density at radius 3 is 2.38 bits per heavy atom. The van der Waals surface area contributed by atoms with Crippen molar-refractivity contribution in [3.05, 3.63) is 47.2 Å². The number of ether oxygens (including phenoxy) is 3. The Morgan fingerprint density at radius 2 is 1.79 bits per heavy atom. The zero-order valence-electron chi connectivity index (χ0n) is 22.6. The van der Waals surface area contributed by atoms with Crippen LogP contribution in [0.15, 0.2) is 41.0 Å². The van der Waals surface area contributed by atoms with Gasteiger partial charge in [0.1, 0.15) is 5.60 Å². The summed E-state index contributed by atoms with van der Waals surface area (Å²) in [4.78, 5) is 17.3. The predicted octanol–water partition coefficient (Wildman–Crippen LogP) is 7.02. The lowest BCUT2D eigenvalue weighted by molar-refractivity contribution is -0.166. The van der Waals surface area contributed by atoms with E-state index in [0.717, 1.165) is 43.4 Å². The summed E-state index contributed by atoms with van der Waals surface area (Å²) in [6, 6.07) is 8.16. The normalized spacial score (nSPS) is 20.2. The number of methoxy groups -OCH3 is 1. The minimum atomic E-state index is -0.472. The van der Waals surface area contributed by atoms with Crippen molar-refractivity contribution in [2.45, 2.75) is 98.7 Å². The first kappa shape index (κ1) is 28.1. The van der Waals surface area contributed by atoms with Crippen LogP contribution in [-0.4, -0.2) is 37.3 Å². The fraction of sp³-hybridized carbons (Fsp3) is 0.655. The molecule has 0 spiro atoms. The first-order valence-corrected chi connectivity index (χ1v) is 12.6. The van der Waals surface area contributed by atoms with Gasteiger partial charge in [0.25, 0.3) is 0 Å². The SMILES string of the molecule is C/C=C(\COC1CCCC(CCC(C)(C)C(=O)OC(C)(C)C)C1)N=C(OC)c1ccc(C)cc1. The van der Waals surface area contributed by atoms with E-state index in [0.29, 0.717) is 18.4 Å². The Kier molecular flexibility index (Phi) is 10.4. The van der Waals surface area contributed by atoms with Gasteiger partial charge in [0.15, 0.2) is 0 Å². The van der Waals surface area contributed by atoms with Gasteiger partial charge >= 0.3 is 5.97 Å². The van der Waals surface area contributed by atoms with Gasteiger partial charge in [-0.1, -0.05) is 36.6 Å². The molecule has 1 aliphatic rings. The second-order valence-electron chi connectivity index (χ2n) is 11.2. The molecule has 190 valence electrons. The van der Waals surface area contributed by atoms with Crippen molar-refractivity contribution in [1.29, 1.82) is 0 Å². The molecule has 1 fully saturated rings. The molecule has 2 atom stereocenters. The summed E-state index contributed by atoms with van der Waals surface area (Å²) in [5.74, 6) is 1.06. The minimum absolute atomic E-state index is 0.110. The highest BCUT2D eigenvalue weighted by Crippen LogP contribution is 2.35. The van der Waals surface area contributed by atoms with Gasteiger partial charge < -0.3 is 14.2 Å². The smallest absolute Gasteiger partial charge is 0.312 e. The maximum Gasteiger partial charge on any atom is 0.312 e. The summed E-state index contributed by atoms with van der Waals surface area (Å²) in [6.45, 7) is 14.3. The van der Waals surface area contributed by atoms with Gasteiger partial charge in [0.2, 0.25) is 5.90 Å². The Morgan fingerprint density at radius 1 is 1.12 bits per heavy atom.